The van der Waals surface area contributed by atoms with Crippen molar-refractivity contribution in [2.24, 2.45) is 16.6 Å². The molecule has 3 rings (SSSR count). The summed E-state index contributed by atoms with van der Waals surface area (Å²) in [6.45, 7) is 1.60. The van der Waals surface area contributed by atoms with Crippen LogP contribution in [0.25, 0.3) is 0 Å². The third-order valence-corrected chi connectivity index (χ3v) is 6.71. The Kier molecular flexibility index (Phi) is 8.14. The monoisotopic (exact) mass is 577 g/mol. The topological polar surface area (TPSA) is 284 Å². The van der Waals surface area contributed by atoms with Gasteiger partial charge in [-0.15, -0.1) is 0 Å². The van der Waals surface area contributed by atoms with Gasteiger partial charge < -0.3 is 36.8 Å². The van der Waals surface area contributed by atoms with E-state index < -0.39 is 69.6 Å². The molecule has 1 saturated heterocycles. The number of nitrogens with one attached hydrogen (secondary N) is 2. The van der Waals surface area contributed by atoms with Crippen molar-refractivity contribution in [2.45, 2.75) is 50.2 Å². The molecule has 3 atom stereocenters. The molecule has 19 nitrogen and oxygen atoms in total. The second-order valence-electron chi connectivity index (χ2n) is 8.21. The highest BCUT2D eigenvalue weighted by molar-refractivity contribution is 8.02. The fourth-order valence-electron chi connectivity index (χ4n) is 3.05. The van der Waals surface area contributed by atoms with Gasteiger partial charge in [-0.25, -0.2) is 13.9 Å². The molecule has 21 heteroatoms. The van der Waals surface area contributed by atoms with Crippen molar-refractivity contribution in [2.75, 3.05) is 0 Å². The van der Waals surface area contributed by atoms with Gasteiger partial charge in [-0.1, -0.05) is 16.9 Å². The number of carbonyl (C=O) groups excluding carboxylic acids is 3. The molecule has 3 unspecified atom stereocenters. The Morgan fingerprint density at radius 3 is 2.61 bits per heavy atom. The number of ether oxygens (including phenoxy) is 1. The van der Waals surface area contributed by atoms with Gasteiger partial charge in [-0.3, -0.25) is 14.1 Å². The molecule has 0 radical (unpaired) electrons. The summed E-state index contributed by atoms with van der Waals surface area (Å²) in [5, 5.41) is 27.1. The second-order valence-corrected chi connectivity index (χ2v) is 10.5. The smallest absolute Gasteiger partial charge is 0.404 e. The van der Waals surface area contributed by atoms with Gasteiger partial charge in [0.05, 0.1) is 18.4 Å². The van der Waals surface area contributed by atoms with Gasteiger partial charge in [-0.05, 0) is 13.8 Å². The van der Waals surface area contributed by atoms with Gasteiger partial charge in [0.25, 0.3) is 11.8 Å². The number of nitrogens with two attached hydrogens (primary N) is 2. The van der Waals surface area contributed by atoms with E-state index in [4.69, 9.17) is 16.3 Å². The number of aromatic nitrogens is 3. The number of oxime groups is 1. The predicted octanol–water partition coefficient (Wildman–Crippen LogP) is -2.97. The number of thioether (sulfide) groups is 1. The van der Waals surface area contributed by atoms with Crippen molar-refractivity contribution in [3.8, 4) is 0 Å². The zero-order valence-corrected chi connectivity index (χ0v) is 21.3. The number of primary amides is 1. The third-order valence-electron chi connectivity index (χ3n) is 4.98. The van der Waals surface area contributed by atoms with Crippen molar-refractivity contribution in [3.63, 3.8) is 0 Å². The van der Waals surface area contributed by atoms with E-state index in [-0.39, 0.29) is 22.3 Å². The molecule has 3 amide bonds. The first kappa shape index (κ1) is 28.6. The van der Waals surface area contributed by atoms with Crippen LogP contribution in [0.1, 0.15) is 19.5 Å². The molecule has 0 bridgehead atoms. The van der Waals surface area contributed by atoms with Crippen molar-refractivity contribution in [3.05, 3.63) is 23.0 Å². The molecule has 0 saturated carbocycles. The highest BCUT2D eigenvalue weighted by Gasteiger charge is 2.54. The number of hydrogen-bond donors (Lipinski definition) is 6. The van der Waals surface area contributed by atoms with E-state index in [0.29, 0.717) is 0 Å². The Morgan fingerprint density at radius 1 is 1.37 bits per heavy atom. The van der Waals surface area contributed by atoms with Crippen molar-refractivity contribution >= 4 is 51.7 Å². The average molecular weight is 578 g/mol. The van der Waals surface area contributed by atoms with Gasteiger partial charge in [0, 0.05) is 5.41 Å². The summed E-state index contributed by atoms with van der Waals surface area (Å²) in [5.41, 5.74) is 7.81. The number of carbonyl (C=O) groups is 4. The van der Waals surface area contributed by atoms with Crippen molar-refractivity contribution in [1.29, 1.82) is 0 Å². The van der Waals surface area contributed by atoms with Gasteiger partial charge in [0.1, 0.15) is 29.9 Å². The van der Waals surface area contributed by atoms with Gasteiger partial charge in [0.15, 0.2) is 5.71 Å². The number of hydrogen-bond acceptors (Lipinski definition) is 14. The Labute approximate surface area is 218 Å². The number of nitrogens with zero attached hydrogens (tertiary/aromatic N) is 5. The molecular weight excluding hydrogens is 554 g/mol. The summed E-state index contributed by atoms with van der Waals surface area (Å²) in [6.07, 6.45) is 0.115. The fourth-order valence-corrected chi connectivity index (χ4v) is 4.58. The van der Waals surface area contributed by atoms with E-state index in [1.54, 1.807) is 0 Å². The fraction of sp³-hybridized carbons (Fsp3) is 0.471. The summed E-state index contributed by atoms with van der Waals surface area (Å²) in [7, 11) is -5.04. The molecule has 0 spiro atoms. The van der Waals surface area contributed by atoms with Crippen LogP contribution in [0.4, 0.5) is 4.79 Å². The van der Waals surface area contributed by atoms with E-state index in [1.807, 2.05) is 0 Å². The minimum Gasteiger partial charge on any atom is -0.478 e. The minimum absolute atomic E-state index is 0.0454. The third kappa shape index (κ3) is 6.48. The standard InChI is InChI=1S/C17H23N9O10S2/c1-17(2,14(29)30)36-24-10(8-6-37-15(18)21-8)12(27)22-11-9(26(13(11)28)38(32,33)34)4-25-20-3-7(23-25)5-35-16(19)31/h3,6,9,11,15,21H,4-5,18H2,1-2H3,(H2,19,31)(H,22,27)(H,29,30)(H,32,33,34)/b24-10-. The molecule has 2 aliphatic rings. The normalized spacial score (nSPS) is 21.7. The van der Waals surface area contributed by atoms with E-state index in [1.165, 1.54) is 25.5 Å². The summed E-state index contributed by atoms with van der Waals surface area (Å²) < 4.78 is 37.8. The summed E-state index contributed by atoms with van der Waals surface area (Å²) in [4.78, 5) is 53.7. The van der Waals surface area contributed by atoms with Crippen LogP contribution in [0.15, 0.2) is 22.5 Å². The Hall–Kier alpha value is -3.95. The highest BCUT2D eigenvalue weighted by atomic mass is 32.2. The molecule has 1 aromatic rings. The van der Waals surface area contributed by atoms with E-state index in [2.05, 4.69) is 30.7 Å². The van der Waals surface area contributed by atoms with Gasteiger partial charge >= 0.3 is 22.4 Å². The lowest BCUT2D eigenvalue weighted by molar-refractivity contribution is -0.161. The number of rotatable bonds is 11. The maximum atomic E-state index is 13.1. The zero-order valence-electron chi connectivity index (χ0n) is 19.7. The van der Waals surface area contributed by atoms with Crippen LogP contribution in [0.2, 0.25) is 0 Å². The van der Waals surface area contributed by atoms with E-state index in [9.17, 15) is 37.3 Å². The highest BCUT2D eigenvalue weighted by Crippen LogP contribution is 2.26. The quantitative estimate of drug-likeness (QED) is 0.0662. The lowest BCUT2D eigenvalue weighted by Crippen LogP contribution is -2.73. The number of β-lactam (4-membered cyclic amide) rings is 1. The Balaban J connectivity index is 1.83. The Morgan fingerprint density at radius 2 is 2.05 bits per heavy atom. The molecule has 1 fully saturated rings. The maximum absolute atomic E-state index is 13.1. The lowest BCUT2D eigenvalue weighted by atomic mass is 9.98. The van der Waals surface area contributed by atoms with Gasteiger partial charge in [-0.2, -0.15) is 23.4 Å². The van der Waals surface area contributed by atoms with Crippen LogP contribution < -0.4 is 22.1 Å². The number of carboxylic acid groups (broad SMARTS) is 1. The molecule has 0 aromatic carbocycles. The zero-order chi connectivity index (χ0) is 28.4. The first-order valence-electron chi connectivity index (χ1n) is 10.4. The van der Waals surface area contributed by atoms with Crippen LogP contribution in [0.3, 0.4) is 0 Å². The number of amides is 3. The molecule has 1 aromatic heterocycles. The lowest BCUT2D eigenvalue weighted by Gasteiger charge is -2.43. The molecule has 2 aliphatic heterocycles. The summed E-state index contributed by atoms with van der Waals surface area (Å²) in [6, 6.07) is -2.90. The second kappa shape index (κ2) is 10.8. The number of aliphatic carboxylic acids is 1. The van der Waals surface area contributed by atoms with Gasteiger partial charge in [0.2, 0.25) is 5.60 Å². The molecule has 38 heavy (non-hydrogen) atoms. The molecule has 8 N–H and O–H groups in total. The summed E-state index contributed by atoms with van der Waals surface area (Å²) in [5.74, 6) is -3.62. The largest absolute Gasteiger partial charge is 0.478 e. The first-order valence-corrected chi connectivity index (χ1v) is 12.7. The van der Waals surface area contributed by atoms with E-state index in [0.717, 1.165) is 16.6 Å². The maximum Gasteiger partial charge on any atom is 0.404 e. The number of carboxylic acids is 1. The van der Waals surface area contributed by atoms with E-state index >= 15 is 0 Å². The van der Waals surface area contributed by atoms with Crippen molar-refractivity contribution in [1.82, 2.24) is 29.9 Å². The Bertz CT molecular complexity index is 1310. The minimum atomic E-state index is -5.04. The SMILES string of the molecule is CC(C)(O/N=C(\C(=O)NC1C(=O)N(S(=O)(=O)O)C1Cn1ncc(COC(N)=O)n1)C1=CSC(N)N1)C(=O)O. The van der Waals surface area contributed by atoms with Crippen LogP contribution in [0.5, 0.6) is 0 Å². The summed E-state index contributed by atoms with van der Waals surface area (Å²) >= 11 is 1.07. The molecule has 208 valence electrons. The van der Waals surface area contributed by atoms with Crippen LogP contribution in [-0.4, -0.2) is 90.1 Å². The van der Waals surface area contributed by atoms with Crippen LogP contribution in [0, 0.1) is 0 Å². The predicted molar refractivity (Wildman–Crippen MR) is 126 cm³/mol. The molecule has 0 aliphatic carbocycles. The van der Waals surface area contributed by atoms with Crippen LogP contribution in [-0.2, 0) is 47.4 Å². The molecule has 3 heterocycles. The van der Waals surface area contributed by atoms with Crippen molar-refractivity contribution < 1.29 is 46.8 Å². The average Bonchev–Trinajstić information content (AvgIpc) is 3.43. The van der Waals surface area contributed by atoms with Crippen LogP contribution >= 0.6 is 11.8 Å². The molecular formula is C17H23N9O10S2. The first-order chi connectivity index (χ1) is 17.6.